The van der Waals surface area contributed by atoms with Crippen molar-refractivity contribution in [3.8, 4) is 0 Å². The minimum atomic E-state index is -0.965. The van der Waals surface area contributed by atoms with E-state index < -0.39 is 18.0 Å². The van der Waals surface area contributed by atoms with Gasteiger partial charge in [0.1, 0.15) is 5.82 Å². The van der Waals surface area contributed by atoms with Crippen LogP contribution in [0.1, 0.15) is 18.9 Å². The van der Waals surface area contributed by atoms with Crippen LogP contribution in [0, 0.1) is 5.82 Å². The summed E-state index contributed by atoms with van der Waals surface area (Å²) in [5, 5.41) is 13.6. The fourth-order valence-electron chi connectivity index (χ4n) is 1.60. The van der Waals surface area contributed by atoms with Gasteiger partial charge in [-0.05, 0) is 31.0 Å². The molecule has 0 saturated heterocycles. The molecule has 19 heavy (non-hydrogen) atoms. The summed E-state index contributed by atoms with van der Waals surface area (Å²) in [7, 11) is 0. The Morgan fingerprint density at radius 3 is 2.79 bits per heavy atom. The van der Waals surface area contributed by atoms with E-state index in [1.807, 2.05) is 0 Å². The van der Waals surface area contributed by atoms with Crippen molar-refractivity contribution in [1.29, 1.82) is 0 Å². The highest BCUT2D eigenvalue weighted by Gasteiger charge is 2.10. The molecular formula is C13H17FN2O3. The third-order valence-electron chi connectivity index (χ3n) is 2.45. The average molecular weight is 268 g/mol. The Kier molecular flexibility index (Phi) is 5.78. The third-order valence-corrected chi connectivity index (χ3v) is 2.45. The molecule has 0 fully saturated rings. The number of carbonyl (C=O) groups excluding carboxylic acids is 1. The average Bonchev–Trinajstić information content (AvgIpc) is 2.27. The van der Waals surface area contributed by atoms with E-state index in [0.29, 0.717) is 13.0 Å². The molecule has 3 N–H and O–H groups in total. The number of halogens is 1. The summed E-state index contributed by atoms with van der Waals surface area (Å²) in [6.07, 6.45) is 0.385. The maximum Gasteiger partial charge on any atom is 0.315 e. The van der Waals surface area contributed by atoms with Gasteiger partial charge in [-0.15, -0.1) is 0 Å². The molecule has 0 heterocycles. The highest BCUT2D eigenvalue weighted by atomic mass is 19.1. The van der Waals surface area contributed by atoms with Gasteiger partial charge < -0.3 is 15.7 Å². The van der Waals surface area contributed by atoms with Crippen LogP contribution in [0.4, 0.5) is 9.18 Å². The Balaban J connectivity index is 2.25. The van der Waals surface area contributed by atoms with Gasteiger partial charge in [-0.3, -0.25) is 4.79 Å². The molecule has 0 aromatic heterocycles. The van der Waals surface area contributed by atoms with Crippen molar-refractivity contribution in [3.63, 3.8) is 0 Å². The smallest absolute Gasteiger partial charge is 0.315 e. The van der Waals surface area contributed by atoms with Crippen LogP contribution in [0.15, 0.2) is 24.3 Å². The van der Waals surface area contributed by atoms with Crippen LogP contribution < -0.4 is 10.6 Å². The molecule has 0 bridgehead atoms. The number of amides is 2. The molecule has 1 unspecified atom stereocenters. The van der Waals surface area contributed by atoms with E-state index in [0.717, 1.165) is 5.56 Å². The lowest BCUT2D eigenvalue weighted by atomic mass is 10.1. The normalized spacial score (nSPS) is 11.7. The van der Waals surface area contributed by atoms with Crippen molar-refractivity contribution in [1.82, 2.24) is 10.6 Å². The summed E-state index contributed by atoms with van der Waals surface area (Å²) in [5.74, 6) is -1.27. The summed E-state index contributed by atoms with van der Waals surface area (Å²) < 4.78 is 12.9. The third kappa shape index (κ3) is 6.40. The molecule has 1 aromatic carbocycles. The Morgan fingerprint density at radius 2 is 2.16 bits per heavy atom. The topological polar surface area (TPSA) is 78.4 Å². The van der Waals surface area contributed by atoms with Crippen molar-refractivity contribution in [2.75, 3.05) is 6.54 Å². The number of carbonyl (C=O) groups is 2. The number of aliphatic carboxylic acids is 1. The summed E-state index contributed by atoms with van der Waals surface area (Å²) >= 11 is 0. The number of carboxylic acid groups (broad SMARTS) is 1. The summed E-state index contributed by atoms with van der Waals surface area (Å²) in [4.78, 5) is 21.8. The van der Waals surface area contributed by atoms with Crippen LogP contribution in [0.2, 0.25) is 0 Å². The number of hydrogen-bond donors (Lipinski definition) is 3. The van der Waals surface area contributed by atoms with Gasteiger partial charge in [0.2, 0.25) is 0 Å². The fourth-order valence-corrected chi connectivity index (χ4v) is 1.60. The van der Waals surface area contributed by atoms with Gasteiger partial charge in [0.15, 0.2) is 0 Å². The zero-order valence-corrected chi connectivity index (χ0v) is 10.6. The Labute approximate surface area is 110 Å². The van der Waals surface area contributed by atoms with Crippen molar-refractivity contribution in [3.05, 3.63) is 35.6 Å². The van der Waals surface area contributed by atoms with E-state index in [-0.39, 0.29) is 12.2 Å². The van der Waals surface area contributed by atoms with Crippen molar-refractivity contribution in [2.24, 2.45) is 0 Å². The number of urea groups is 1. The number of hydrogen-bond acceptors (Lipinski definition) is 2. The van der Waals surface area contributed by atoms with Gasteiger partial charge >= 0.3 is 12.0 Å². The van der Waals surface area contributed by atoms with E-state index in [1.54, 1.807) is 19.1 Å². The van der Waals surface area contributed by atoms with Gasteiger partial charge in [-0.2, -0.15) is 0 Å². The minimum Gasteiger partial charge on any atom is -0.481 e. The van der Waals surface area contributed by atoms with Gasteiger partial charge in [-0.1, -0.05) is 12.1 Å². The van der Waals surface area contributed by atoms with E-state index in [9.17, 15) is 14.0 Å². The largest absolute Gasteiger partial charge is 0.481 e. The maximum absolute atomic E-state index is 12.9. The number of carboxylic acids is 1. The number of rotatable bonds is 6. The highest BCUT2D eigenvalue weighted by molar-refractivity contribution is 5.75. The molecule has 0 aliphatic heterocycles. The molecule has 104 valence electrons. The molecule has 1 atom stereocenters. The molecule has 0 aliphatic rings. The second-order valence-corrected chi connectivity index (χ2v) is 4.28. The number of nitrogens with one attached hydrogen (secondary N) is 2. The molecule has 5 nitrogen and oxygen atoms in total. The van der Waals surface area contributed by atoms with Gasteiger partial charge in [-0.25, -0.2) is 9.18 Å². The van der Waals surface area contributed by atoms with Gasteiger partial charge in [0.05, 0.1) is 6.42 Å². The van der Waals surface area contributed by atoms with Crippen LogP contribution in [-0.2, 0) is 11.2 Å². The summed E-state index contributed by atoms with van der Waals surface area (Å²) in [6, 6.07) is 5.29. The van der Waals surface area contributed by atoms with E-state index in [2.05, 4.69) is 10.6 Å². The molecule has 1 rings (SSSR count). The van der Waals surface area contributed by atoms with Crippen LogP contribution in [0.25, 0.3) is 0 Å². The zero-order chi connectivity index (χ0) is 14.3. The Morgan fingerprint density at radius 1 is 1.42 bits per heavy atom. The van der Waals surface area contributed by atoms with Gasteiger partial charge in [0, 0.05) is 12.6 Å². The molecule has 0 radical (unpaired) electrons. The first-order valence-electron chi connectivity index (χ1n) is 5.98. The highest BCUT2D eigenvalue weighted by Crippen LogP contribution is 2.03. The predicted molar refractivity (Wildman–Crippen MR) is 68.4 cm³/mol. The van der Waals surface area contributed by atoms with E-state index in [1.165, 1.54) is 12.1 Å². The molecular weight excluding hydrogens is 251 g/mol. The molecule has 6 heteroatoms. The fraction of sp³-hybridized carbons (Fsp3) is 0.385. The lowest BCUT2D eigenvalue weighted by Gasteiger charge is -2.12. The monoisotopic (exact) mass is 268 g/mol. The lowest BCUT2D eigenvalue weighted by Crippen LogP contribution is -2.42. The van der Waals surface area contributed by atoms with Crippen LogP contribution in [-0.4, -0.2) is 29.7 Å². The van der Waals surface area contributed by atoms with E-state index >= 15 is 0 Å². The molecule has 2 amide bonds. The van der Waals surface area contributed by atoms with Crippen molar-refractivity contribution < 1.29 is 19.1 Å². The first kappa shape index (κ1) is 14.9. The maximum atomic E-state index is 12.9. The second-order valence-electron chi connectivity index (χ2n) is 4.28. The Hall–Kier alpha value is -2.11. The lowest BCUT2D eigenvalue weighted by molar-refractivity contribution is -0.137. The van der Waals surface area contributed by atoms with Gasteiger partial charge in [0.25, 0.3) is 0 Å². The Bertz CT molecular complexity index is 451. The van der Waals surface area contributed by atoms with Crippen LogP contribution in [0.5, 0.6) is 0 Å². The number of benzene rings is 1. The SMILES string of the molecule is CC(CC(=O)O)NC(=O)NCCc1cccc(F)c1. The zero-order valence-electron chi connectivity index (χ0n) is 10.6. The quantitative estimate of drug-likeness (QED) is 0.732. The predicted octanol–water partition coefficient (Wildman–Crippen LogP) is 1.53. The van der Waals surface area contributed by atoms with Crippen LogP contribution >= 0.6 is 0 Å². The first-order valence-corrected chi connectivity index (χ1v) is 5.98. The van der Waals surface area contributed by atoms with Crippen molar-refractivity contribution in [2.45, 2.75) is 25.8 Å². The first-order chi connectivity index (χ1) is 8.97. The summed E-state index contributed by atoms with van der Waals surface area (Å²) in [5.41, 5.74) is 0.791. The summed E-state index contributed by atoms with van der Waals surface area (Å²) in [6.45, 7) is 1.97. The standard InChI is InChI=1S/C13H17FN2O3/c1-9(7-12(17)18)16-13(19)15-6-5-10-3-2-4-11(14)8-10/h2-4,8-9H,5-7H2,1H3,(H,17,18)(H2,15,16,19). The van der Waals surface area contributed by atoms with E-state index in [4.69, 9.17) is 5.11 Å². The second kappa shape index (κ2) is 7.35. The molecule has 0 aliphatic carbocycles. The molecule has 1 aromatic rings. The molecule has 0 spiro atoms. The minimum absolute atomic E-state index is 0.128. The van der Waals surface area contributed by atoms with Crippen molar-refractivity contribution >= 4 is 12.0 Å². The van der Waals surface area contributed by atoms with Crippen LogP contribution in [0.3, 0.4) is 0 Å². The molecule has 0 saturated carbocycles.